The molecule has 1 saturated carbocycles. The van der Waals surface area contributed by atoms with Crippen molar-refractivity contribution in [2.45, 2.75) is 37.1 Å². The van der Waals surface area contributed by atoms with E-state index in [0.29, 0.717) is 11.7 Å². The molecule has 2 aliphatic rings. The number of rotatable bonds is 2. The highest BCUT2D eigenvalue weighted by Gasteiger charge is 2.27. The van der Waals surface area contributed by atoms with E-state index in [1.165, 1.54) is 0 Å². The van der Waals surface area contributed by atoms with Gasteiger partial charge in [-0.2, -0.15) is 14.7 Å². The average molecular weight is 299 g/mol. The van der Waals surface area contributed by atoms with Crippen molar-refractivity contribution in [3.05, 3.63) is 23.5 Å². The maximum atomic E-state index is 6.18. The number of hydrazone groups is 1. The van der Waals surface area contributed by atoms with Crippen molar-refractivity contribution in [2.75, 3.05) is 19.3 Å². The Labute approximate surface area is 129 Å². The molecule has 1 aliphatic heterocycles. The van der Waals surface area contributed by atoms with E-state index < -0.39 is 0 Å². The van der Waals surface area contributed by atoms with E-state index in [1.54, 1.807) is 4.52 Å². The fourth-order valence-electron chi connectivity index (χ4n) is 3.53. The van der Waals surface area contributed by atoms with Crippen molar-refractivity contribution in [3.8, 4) is 0 Å². The number of anilines is 1. The van der Waals surface area contributed by atoms with Gasteiger partial charge in [0.2, 0.25) is 0 Å². The zero-order valence-electron chi connectivity index (χ0n) is 12.7. The summed E-state index contributed by atoms with van der Waals surface area (Å²) in [7, 11) is 1.97. The molecule has 7 heteroatoms. The van der Waals surface area contributed by atoms with Gasteiger partial charge in [-0.25, -0.2) is 4.98 Å². The molecule has 0 spiro atoms. The molecule has 1 unspecified atom stereocenters. The first-order valence-corrected chi connectivity index (χ1v) is 7.76. The van der Waals surface area contributed by atoms with E-state index in [1.807, 2.05) is 30.5 Å². The SMILES string of the molecule is CN1CC(c2cnn3c(N)cc([C@@H]4CC[C@H](N)C4)nc23)C=N1. The molecular weight excluding hydrogens is 278 g/mol. The van der Waals surface area contributed by atoms with Gasteiger partial charge in [0.1, 0.15) is 5.82 Å². The molecule has 0 saturated heterocycles. The standard InChI is InChI=1S/C15H21N7/c1-21-8-10(6-18-21)12-7-19-22-14(17)5-13(20-15(12)22)9-2-3-11(16)4-9/h5-7,9-11H,2-4,8,16-17H2,1H3/t9-,10?,11+/m1/s1. The Morgan fingerprint density at radius 2 is 2.18 bits per heavy atom. The fraction of sp³-hybridized carbons (Fsp3) is 0.533. The van der Waals surface area contributed by atoms with Crippen molar-refractivity contribution in [1.29, 1.82) is 0 Å². The van der Waals surface area contributed by atoms with Crippen LogP contribution in [0.3, 0.4) is 0 Å². The molecule has 1 fully saturated rings. The van der Waals surface area contributed by atoms with Crippen LogP contribution in [0.15, 0.2) is 17.4 Å². The number of nitrogen functional groups attached to an aromatic ring is 1. The lowest BCUT2D eigenvalue weighted by atomic mass is 10.0. The van der Waals surface area contributed by atoms with Crippen molar-refractivity contribution in [1.82, 2.24) is 19.6 Å². The molecular formula is C15H21N7. The van der Waals surface area contributed by atoms with Crippen molar-refractivity contribution < 1.29 is 0 Å². The molecule has 7 nitrogen and oxygen atoms in total. The first-order chi connectivity index (χ1) is 10.6. The number of hydrogen-bond donors (Lipinski definition) is 2. The largest absolute Gasteiger partial charge is 0.384 e. The number of nitrogens with zero attached hydrogens (tertiary/aromatic N) is 5. The summed E-state index contributed by atoms with van der Waals surface area (Å²) < 4.78 is 1.72. The molecule has 3 atom stereocenters. The number of aromatic nitrogens is 3. The van der Waals surface area contributed by atoms with Gasteiger partial charge in [0.15, 0.2) is 5.65 Å². The molecule has 4 N–H and O–H groups in total. The zero-order valence-corrected chi connectivity index (χ0v) is 12.7. The molecule has 0 radical (unpaired) electrons. The maximum absolute atomic E-state index is 6.18. The van der Waals surface area contributed by atoms with E-state index >= 15 is 0 Å². The minimum Gasteiger partial charge on any atom is -0.384 e. The van der Waals surface area contributed by atoms with Crippen LogP contribution in [0.5, 0.6) is 0 Å². The topological polar surface area (TPSA) is 97.8 Å². The molecule has 1 aliphatic carbocycles. The van der Waals surface area contributed by atoms with Crippen LogP contribution in [0.25, 0.3) is 5.65 Å². The third-order valence-electron chi connectivity index (χ3n) is 4.74. The highest BCUT2D eigenvalue weighted by molar-refractivity contribution is 5.74. The van der Waals surface area contributed by atoms with Crippen LogP contribution >= 0.6 is 0 Å². The Bertz CT molecular complexity index is 735. The van der Waals surface area contributed by atoms with Crippen molar-refractivity contribution in [3.63, 3.8) is 0 Å². The molecule has 116 valence electrons. The quantitative estimate of drug-likeness (QED) is 0.859. The fourth-order valence-corrected chi connectivity index (χ4v) is 3.53. The number of fused-ring (bicyclic) bond motifs is 1. The summed E-state index contributed by atoms with van der Waals surface area (Å²) in [5.74, 6) is 1.26. The van der Waals surface area contributed by atoms with E-state index in [-0.39, 0.29) is 12.0 Å². The summed E-state index contributed by atoms with van der Waals surface area (Å²) in [6.45, 7) is 0.849. The molecule has 2 aromatic heterocycles. The molecule has 0 aromatic carbocycles. The number of nitrogens with two attached hydrogens (primary N) is 2. The van der Waals surface area contributed by atoms with Gasteiger partial charge in [-0.05, 0) is 19.3 Å². The lowest BCUT2D eigenvalue weighted by Gasteiger charge is -2.12. The third kappa shape index (κ3) is 2.12. The van der Waals surface area contributed by atoms with Crippen LogP contribution in [-0.2, 0) is 0 Å². The third-order valence-corrected chi connectivity index (χ3v) is 4.74. The molecule has 0 amide bonds. The second-order valence-electron chi connectivity index (χ2n) is 6.42. The van der Waals surface area contributed by atoms with E-state index in [9.17, 15) is 0 Å². The van der Waals surface area contributed by atoms with Crippen LogP contribution < -0.4 is 11.5 Å². The second-order valence-corrected chi connectivity index (χ2v) is 6.42. The Kier molecular flexibility index (Phi) is 3.04. The van der Waals surface area contributed by atoms with Crippen LogP contribution in [0.4, 0.5) is 5.82 Å². The Hall–Kier alpha value is -2.15. The number of likely N-dealkylation sites (N-methyl/N-ethyl adjacent to an activating group) is 1. The van der Waals surface area contributed by atoms with Gasteiger partial charge in [0, 0.05) is 55.0 Å². The highest BCUT2D eigenvalue weighted by atomic mass is 15.4. The van der Waals surface area contributed by atoms with Gasteiger partial charge in [0.25, 0.3) is 0 Å². The smallest absolute Gasteiger partial charge is 0.161 e. The van der Waals surface area contributed by atoms with Gasteiger partial charge in [0.05, 0.1) is 6.20 Å². The maximum Gasteiger partial charge on any atom is 0.161 e. The minimum atomic E-state index is 0.218. The summed E-state index contributed by atoms with van der Waals surface area (Å²) in [6, 6.07) is 2.23. The summed E-state index contributed by atoms with van der Waals surface area (Å²) in [6.07, 6.45) is 6.94. The number of hydrogen-bond acceptors (Lipinski definition) is 6. The Morgan fingerprint density at radius 1 is 1.32 bits per heavy atom. The van der Waals surface area contributed by atoms with Crippen LogP contribution in [-0.4, -0.2) is 45.5 Å². The minimum absolute atomic E-state index is 0.218. The predicted octanol–water partition coefficient (Wildman–Crippen LogP) is 0.921. The molecule has 22 heavy (non-hydrogen) atoms. The van der Waals surface area contributed by atoms with Gasteiger partial charge in [-0.3, -0.25) is 5.01 Å². The van der Waals surface area contributed by atoms with E-state index in [0.717, 1.165) is 42.7 Å². The van der Waals surface area contributed by atoms with Crippen molar-refractivity contribution >= 4 is 17.7 Å². The van der Waals surface area contributed by atoms with Gasteiger partial charge in [-0.1, -0.05) is 0 Å². The van der Waals surface area contributed by atoms with Crippen LogP contribution in [0.1, 0.15) is 42.4 Å². The Balaban J connectivity index is 1.77. The van der Waals surface area contributed by atoms with Gasteiger partial charge in [-0.15, -0.1) is 0 Å². The van der Waals surface area contributed by atoms with Gasteiger partial charge >= 0.3 is 0 Å². The monoisotopic (exact) mass is 299 g/mol. The van der Waals surface area contributed by atoms with E-state index in [4.69, 9.17) is 16.5 Å². The van der Waals surface area contributed by atoms with Crippen LogP contribution in [0, 0.1) is 0 Å². The summed E-state index contributed by atoms with van der Waals surface area (Å²) >= 11 is 0. The second kappa shape index (κ2) is 4.95. The first-order valence-electron chi connectivity index (χ1n) is 7.76. The zero-order chi connectivity index (χ0) is 15.3. The highest BCUT2D eigenvalue weighted by Crippen LogP contribution is 2.34. The molecule has 2 aromatic rings. The average Bonchev–Trinajstić information content (AvgIpc) is 3.18. The summed E-state index contributed by atoms with van der Waals surface area (Å²) in [5, 5.41) is 10.6. The lowest BCUT2D eigenvalue weighted by Crippen LogP contribution is -2.15. The lowest BCUT2D eigenvalue weighted by molar-refractivity contribution is 0.381. The molecule has 3 heterocycles. The summed E-state index contributed by atoms with van der Waals surface area (Å²) in [5.41, 5.74) is 15.2. The van der Waals surface area contributed by atoms with Gasteiger partial charge < -0.3 is 11.5 Å². The first kappa shape index (κ1) is 13.5. The predicted molar refractivity (Wildman–Crippen MR) is 85.8 cm³/mol. The molecule has 4 rings (SSSR count). The van der Waals surface area contributed by atoms with E-state index in [2.05, 4.69) is 10.2 Å². The normalized spacial score (nSPS) is 28.1. The summed E-state index contributed by atoms with van der Waals surface area (Å²) in [4.78, 5) is 4.87. The Morgan fingerprint density at radius 3 is 2.86 bits per heavy atom. The molecule has 0 bridgehead atoms. The van der Waals surface area contributed by atoms with Crippen molar-refractivity contribution in [2.24, 2.45) is 10.8 Å². The van der Waals surface area contributed by atoms with Crippen LogP contribution in [0.2, 0.25) is 0 Å².